The van der Waals surface area contributed by atoms with Gasteiger partial charge in [0.05, 0.1) is 18.2 Å². The van der Waals surface area contributed by atoms with Crippen molar-refractivity contribution in [2.75, 3.05) is 13.2 Å². The topological polar surface area (TPSA) is 68.5 Å². The number of aryl methyl sites for hydroxylation is 1. The van der Waals surface area contributed by atoms with Crippen LogP contribution in [0.3, 0.4) is 0 Å². The van der Waals surface area contributed by atoms with Crippen LogP contribution >= 0.6 is 0 Å². The van der Waals surface area contributed by atoms with Crippen molar-refractivity contribution in [2.24, 2.45) is 0 Å². The van der Waals surface area contributed by atoms with Gasteiger partial charge in [-0.15, -0.1) is 0 Å². The first-order valence-electron chi connectivity index (χ1n) is 8.55. The highest BCUT2D eigenvalue weighted by Gasteiger charge is 2.14. The highest BCUT2D eigenvalue weighted by molar-refractivity contribution is 5.75. The van der Waals surface area contributed by atoms with Gasteiger partial charge in [-0.2, -0.15) is 5.26 Å². The van der Waals surface area contributed by atoms with E-state index in [-0.39, 0.29) is 18.3 Å². The first kappa shape index (κ1) is 19.3. The molecule has 2 aromatic carbocycles. The Morgan fingerprint density at radius 3 is 2.50 bits per heavy atom. The van der Waals surface area contributed by atoms with Gasteiger partial charge in [0.2, 0.25) is 0 Å². The fraction of sp³-hybridized carbons (Fsp3) is 0.333. The van der Waals surface area contributed by atoms with Crippen molar-refractivity contribution in [1.82, 2.24) is 0 Å². The lowest BCUT2D eigenvalue weighted by atomic mass is 10.0. The number of ether oxygens (including phenoxy) is 3. The molecule has 136 valence electrons. The number of nitriles is 1. The molecule has 0 heterocycles. The molecule has 5 nitrogen and oxygen atoms in total. The van der Waals surface area contributed by atoms with E-state index in [0.717, 1.165) is 11.1 Å². The molecule has 0 saturated heterocycles. The van der Waals surface area contributed by atoms with Crippen molar-refractivity contribution in [1.29, 1.82) is 5.26 Å². The monoisotopic (exact) mass is 353 g/mol. The number of nitrogens with zero attached hydrogens (tertiary/aromatic N) is 1. The van der Waals surface area contributed by atoms with Gasteiger partial charge < -0.3 is 14.2 Å². The van der Waals surface area contributed by atoms with Crippen molar-refractivity contribution < 1.29 is 19.0 Å². The van der Waals surface area contributed by atoms with Crippen LogP contribution in [0.5, 0.6) is 17.2 Å². The van der Waals surface area contributed by atoms with Gasteiger partial charge >= 0.3 is 5.97 Å². The average Bonchev–Trinajstić information content (AvgIpc) is 2.61. The number of rotatable bonds is 7. The van der Waals surface area contributed by atoms with Gasteiger partial charge in [-0.1, -0.05) is 26.0 Å². The summed E-state index contributed by atoms with van der Waals surface area (Å²) in [4.78, 5) is 12.2. The molecule has 0 aliphatic rings. The van der Waals surface area contributed by atoms with E-state index in [1.165, 1.54) is 0 Å². The Hall–Kier alpha value is -3.00. The summed E-state index contributed by atoms with van der Waals surface area (Å²) < 4.78 is 16.5. The number of hydrogen-bond donors (Lipinski definition) is 0. The van der Waals surface area contributed by atoms with E-state index in [4.69, 9.17) is 19.5 Å². The third kappa shape index (κ3) is 5.00. The fourth-order valence-corrected chi connectivity index (χ4v) is 2.46. The van der Waals surface area contributed by atoms with E-state index < -0.39 is 5.97 Å². The summed E-state index contributed by atoms with van der Waals surface area (Å²) in [5, 5.41) is 8.97. The lowest BCUT2D eigenvalue weighted by Gasteiger charge is -2.15. The summed E-state index contributed by atoms with van der Waals surface area (Å²) in [6, 6.07) is 12.6. The third-order valence-electron chi connectivity index (χ3n) is 3.73. The Bertz CT molecular complexity index is 821. The first-order valence-corrected chi connectivity index (χ1v) is 8.55. The summed E-state index contributed by atoms with van der Waals surface area (Å²) in [5.41, 5.74) is 2.53. The van der Waals surface area contributed by atoms with Crippen LogP contribution in [0.1, 0.15) is 43.4 Å². The summed E-state index contributed by atoms with van der Waals surface area (Å²) in [7, 11) is 0. The van der Waals surface area contributed by atoms with Crippen LogP contribution in [0.25, 0.3) is 0 Å². The van der Waals surface area contributed by atoms with Crippen molar-refractivity contribution >= 4 is 5.97 Å². The molecule has 0 saturated carbocycles. The number of benzene rings is 2. The predicted octanol–water partition coefficient (Wildman–Crippen LogP) is 4.37. The Morgan fingerprint density at radius 2 is 1.85 bits per heavy atom. The second-order valence-corrected chi connectivity index (χ2v) is 6.17. The maximum Gasteiger partial charge on any atom is 0.349 e. The molecule has 0 bridgehead atoms. The van der Waals surface area contributed by atoms with E-state index in [0.29, 0.717) is 23.7 Å². The molecule has 0 aliphatic heterocycles. The number of esters is 1. The number of hydrogen-bond acceptors (Lipinski definition) is 5. The molecule has 0 atom stereocenters. The SMILES string of the molecule is CCOc1cc(C#N)ccc1OC(=O)COc1cc(C)ccc1C(C)C. The Morgan fingerprint density at radius 1 is 1.08 bits per heavy atom. The molecule has 5 heteroatoms. The lowest BCUT2D eigenvalue weighted by molar-refractivity contribution is -0.136. The van der Waals surface area contributed by atoms with Crippen LogP contribution in [0.4, 0.5) is 0 Å². The molecule has 0 aliphatic carbocycles. The van der Waals surface area contributed by atoms with Crippen LogP contribution in [0.15, 0.2) is 36.4 Å². The standard InChI is InChI=1S/C21H23NO4/c1-5-24-20-11-16(12-22)7-9-18(20)26-21(23)13-25-19-10-15(4)6-8-17(19)14(2)3/h6-11,14H,5,13H2,1-4H3. The van der Waals surface area contributed by atoms with Crippen LogP contribution in [0.2, 0.25) is 0 Å². The van der Waals surface area contributed by atoms with Crippen LogP contribution in [-0.2, 0) is 4.79 Å². The van der Waals surface area contributed by atoms with E-state index in [2.05, 4.69) is 13.8 Å². The van der Waals surface area contributed by atoms with E-state index in [1.54, 1.807) is 18.2 Å². The maximum absolute atomic E-state index is 12.2. The second-order valence-electron chi connectivity index (χ2n) is 6.17. The lowest BCUT2D eigenvalue weighted by Crippen LogP contribution is -2.18. The zero-order valence-corrected chi connectivity index (χ0v) is 15.5. The molecule has 0 unspecified atom stereocenters. The van der Waals surface area contributed by atoms with E-state index >= 15 is 0 Å². The predicted molar refractivity (Wildman–Crippen MR) is 98.7 cm³/mol. The Labute approximate surface area is 154 Å². The van der Waals surface area contributed by atoms with Gasteiger partial charge in [-0.25, -0.2) is 4.79 Å². The largest absolute Gasteiger partial charge is 0.490 e. The molecule has 0 amide bonds. The molecule has 0 fully saturated rings. The van der Waals surface area contributed by atoms with Crippen molar-refractivity contribution in [3.63, 3.8) is 0 Å². The smallest absolute Gasteiger partial charge is 0.349 e. The van der Waals surface area contributed by atoms with Gasteiger partial charge in [0.1, 0.15) is 5.75 Å². The minimum absolute atomic E-state index is 0.214. The second kappa shape index (κ2) is 8.91. The van der Waals surface area contributed by atoms with Gasteiger partial charge in [-0.05, 0) is 49.1 Å². The third-order valence-corrected chi connectivity index (χ3v) is 3.73. The fourth-order valence-electron chi connectivity index (χ4n) is 2.46. The zero-order valence-electron chi connectivity index (χ0n) is 15.5. The summed E-state index contributed by atoms with van der Waals surface area (Å²) in [6.07, 6.45) is 0. The summed E-state index contributed by atoms with van der Waals surface area (Å²) in [6.45, 7) is 8.12. The van der Waals surface area contributed by atoms with Crippen molar-refractivity contribution in [2.45, 2.75) is 33.6 Å². The average molecular weight is 353 g/mol. The van der Waals surface area contributed by atoms with Crippen LogP contribution in [-0.4, -0.2) is 19.2 Å². The highest BCUT2D eigenvalue weighted by atomic mass is 16.6. The Kier molecular flexibility index (Phi) is 6.62. The molecular weight excluding hydrogens is 330 g/mol. The molecule has 0 aromatic heterocycles. The number of carbonyl (C=O) groups excluding carboxylic acids is 1. The minimum atomic E-state index is -0.535. The molecule has 2 rings (SSSR count). The van der Waals surface area contributed by atoms with Crippen LogP contribution < -0.4 is 14.2 Å². The van der Waals surface area contributed by atoms with Gasteiger partial charge in [0.15, 0.2) is 18.1 Å². The molecule has 0 N–H and O–H groups in total. The Balaban J connectivity index is 2.08. The summed E-state index contributed by atoms with van der Waals surface area (Å²) >= 11 is 0. The maximum atomic E-state index is 12.2. The molecule has 0 spiro atoms. The van der Waals surface area contributed by atoms with Gasteiger partial charge in [0, 0.05) is 6.07 Å². The van der Waals surface area contributed by atoms with Gasteiger partial charge in [0.25, 0.3) is 0 Å². The van der Waals surface area contributed by atoms with E-state index in [1.807, 2.05) is 38.1 Å². The van der Waals surface area contributed by atoms with Crippen LogP contribution in [0, 0.1) is 18.3 Å². The first-order chi connectivity index (χ1) is 12.4. The van der Waals surface area contributed by atoms with Gasteiger partial charge in [-0.3, -0.25) is 0 Å². The quantitative estimate of drug-likeness (QED) is 0.546. The molecular formula is C21H23NO4. The molecule has 2 aromatic rings. The highest BCUT2D eigenvalue weighted by Crippen LogP contribution is 2.29. The molecule has 0 radical (unpaired) electrons. The molecule has 26 heavy (non-hydrogen) atoms. The normalized spacial score (nSPS) is 10.3. The zero-order chi connectivity index (χ0) is 19.1. The van der Waals surface area contributed by atoms with Crippen molar-refractivity contribution in [3.8, 4) is 23.3 Å². The van der Waals surface area contributed by atoms with E-state index in [9.17, 15) is 4.79 Å². The van der Waals surface area contributed by atoms with Crippen molar-refractivity contribution in [3.05, 3.63) is 53.1 Å². The number of carbonyl (C=O) groups is 1. The minimum Gasteiger partial charge on any atom is -0.490 e. The summed E-state index contributed by atoms with van der Waals surface area (Å²) in [5.74, 6) is 1.06.